The van der Waals surface area contributed by atoms with Crippen molar-refractivity contribution >= 4 is 23.4 Å². The van der Waals surface area contributed by atoms with Crippen LogP contribution in [0.4, 0.5) is 0 Å². The molecule has 4 heteroatoms. The summed E-state index contributed by atoms with van der Waals surface area (Å²) in [5.74, 6) is 0.533. The minimum absolute atomic E-state index is 0.266. The number of aryl methyl sites for hydroxylation is 1. The van der Waals surface area contributed by atoms with Gasteiger partial charge in [-0.3, -0.25) is 0 Å². The van der Waals surface area contributed by atoms with Crippen LogP contribution in [0.25, 0.3) is 11.2 Å². The van der Waals surface area contributed by atoms with Crippen LogP contribution in [0.5, 0.6) is 0 Å². The summed E-state index contributed by atoms with van der Waals surface area (Å²) in [5, 5.41) is 0. The van der Waals surface area contributed by atoms with Crippen molar-refractivity contribution < 1.29 is 0 Å². The van der Waals surface area contributed by atoms with Crippen LogP contribution in [-0.2, 0) is 6.54 Å². The highest BCUT2D eigenvalue weighted by atomic mass is 32.1. The molecule has 2 aromatic heterocycles. The summed E-state index contributed by atoms with van der Waals surface area (Å²) in [5.41, 5.74) is 3.28. The third-order valence-corrected chi connectivity index (χ3v) is 4.01. The van der Waals surface area contributed by atoms with Crippen molar-refractivity contribution in [1.82, 2.24) is 14.5 Å². The van der Waals surface area contributed by atoms with Gasteiger partial charge in [0.25, 0.3) is 0 Å². The number of fused-ring (bicyclic) bond motifs is 1. The number of aromatic nitrogens is 3. The summed E-state index contributed by atoms with van der Waals surface area (Å²) >= 11 is 5.40. The number of pyridine rings is 1. The van der Waals surface area contributed by atoms with Gasteiger partial charge < -0.3 is 9.55 Å². The molecule has 0 spiro atoms. The molecule has 0 aliphatic carbocycles. The molecular formula is C14H21N3S. The second kappa shape index (κ2) is 4.50. The van der Waals surface area contributed by atoms with Crippen LogP contribution in [0.1, 0.15) is 33.4 Å². The quantitative estimate of drug-likeness (QED) is 0.828. The SMILES string of the molecule is Cc1ccc2[nH]c(=S)n(CC(C)C(C)(C)C)c2n1. The van der Waals surface area contributed by atoms with Crippen LogP contribution in [0, 0.1) is 23.0 Å². The van der Waals surface area contributed by atoms with E-state index in [2.05, 4.69) is 42.2 Å². The van der Waals surface area contributed by atoms with E-state index in [0.29, 0.717) is 5.92 Å². The molecule has 2 rings (SSSR count). The maximum Gasteiger partial charge on any atom is 0.179 e. The van der Waals surface area contributed by atoms with E-state index in [0.717, 1.165) is 28.2 Å². The molecule has 0 amide bonds. The van der Waals surface area contributed by atoms with Gasteiger partial charge in [0.05, 0.1) is 5.52 Å². The lowest BCUT2D eigenvalue weighted by Gasteiger charge is -2.27. The second-order valence-corrected chi connectivity index (χ2v) is 6.52. The van der Waals surface area contributed by atoms with Crippen molar-refractivity contribution in [2.75, 3.05) is 0 Å². The van der Waals surface area contributed by atoms with E-state index in [1.807, 2.05) is 19.1 Å². The maximum absolute atomic E-state index is 5.40. The highest BCUT2D eigenvalue weighted by Gasteiger charge is 2.21. The Morgan fingerprint density at radius 2 is 2.06 bits per heavy atom. The zero-order valence-corrected chi connectivity index (χ0v) is 12.6. The summed E-state index contributed by atoms with van der Waals surface area (Å²) in [7, 11) is 0. The van der Waals surface area contributed by atoms with Crippen molar-refractivity contribution in [2.24, 2.45) is 11.3 Å². The van der Waals surface area contributed by atoms with Gasteiger partial charge in [-0.15, -0.1) is 0 Å². The monoisotopic (exact) mass is 263 g/mol. The summed E-state index contributed by atoms with van der Waals surface area (Å²) in [4.78, 5) is 7.82. The van der Waals surface area contributed by atoms with E-state index >= 15 is 0 Å². The lowest BCUT2D eigenvalue weighted by molar-refractivity contribution is 0.234. The van der Waals surface area contributed by atoms with Gasteiger partial charge in [0, 0.05) is 12.2 Å². The Morgan fingerprint density at radius 3 is 2.67 bits per heavy atom. The zero-order valence-electron chi connectivity index (χ0n) is 11.7. The number of hydrogen-bond acceptors (Lipinski definition) is 2. The number of nitrogens with zero attached hydrogens (tertiary/aromatic N) is 2. The number of H-pyrrole nitrogens is 1. The molecule has 0 radical (unpaired) electrons. The molecule has 2 heterocycles. The van der Waals surface area contributed by atoms with E-state index in [-0.39, 0.29) is 5.41 Å². The van der Waals surface area contributed by atoms with Crippen LogP contribution >= 0.6 is 12.2 Å². The van der Waals surface area contributed by atoms with E-state index in [1.165, 1.54) is 0 Å². The second-order valence-electron chi connectivity index (χ2n) is 6.13. The van der Waals surface area contributed by atoms with Gasteiger partial charge in [0.1, 0.15) is 0 Å². The molecule has 0 aliphatic rings. The molecule has 0 saturated heterocycles. The highest BCUT2D eigenvalue weighted by molar-refractivity contribution is 7.71. The molecule has 0 bridgehead atoms. The Kier molecular flexibility index (Phi) is 3.32. The first kappa shape index (κ1) is 13.3. The fraction of sp³-hybridized carbons (Fsp3) is 0.571. The molecule has 98 valence electrons. The van der Waals surface area contributed by atoms with Crippen LogP contribution in [0.3, 0.4) is 0 Å². The normalized spacial score (nSPS) is 14.1. The fourth-order valence-electron chi connectivity index (χ4n) is 1.84. The van der Waals surface area contributed by atoms with Crippen LogP contribution in [-0.4, -0.2) is 14.5 Å². The smallest absolute Gasteiger partial charge is 0.179 e. The van der Waals surface area contributed by atoms with Crippen LogP contribution in [0.15, 0.2) is 12.1 Å². The molecule has 0 aromatic carbocycles. The average Bonchev–Trinajstić information content (AvgIpc) is 2.54. The number of imidazole rings is 1. The number of hydrogen-bond donors (Lipinski definition) is 1. The van der Waals surface area contributed by atoms with E-state index in [9.17, 15) is 0 Å². The van der Waals surface area contributed by atoms with Crippen molar-refractivity contribution in [2.45, 2.75) is 41.2 Å². The van der Waals surface area contributed by atoms with Crippen LogP contribution in [0.2, 0.25) is 0 Å². The highest BCUT2D eigenvalue weighted by Crippen LogP contribution is 2.27. The van der Waals surface area contributed by atoms with Gasteiger partial charge in [0.2, 0.25) is 0 Å². The first-order chi connectivity index (χ1) is 8.29. The Labute approximate surface area is 113 Å². The summed E-state index contributed by atoms with van der Waals surface area (Å²) in [6, 6.07) is 4.05. The van der Waals surface area contributed by atoms with Crippen molar-refractivity contribution in [3.8, 4) is 0 Å². The Bertz CT molecular complexity index is 616. The Morgan fingerprint density at radius 1 is 1.39 bits per heavy atom. The van der Waals surface area contributed by atoms with Crippen molar-refractivity contribution in [3.63, 3.8) is 0 Å². The summed E-state index contributed by atoms with van der Waals surface area (Å²) < 4.78 is 2.88. The third kappa shape index (κ3) is 2.48. The van der Waals surface area contributed by atoms with Gasteiger partial charge in [-0.1, -0.05) is 27.7 Å². The summed E-state index contributed by atoms with van der Waals surface area (Å²) in [6.45, 7) is 11.9. The minimum atomic E-state index is 0.266. The van der Waals surface area contributed by atoms with Gasteiger partial charge in [-0.25, -0.2) is 4.98 Å². The molecule has 3 nitrogen and oxygen atoms in total. The Balaban J connectivity index is 2.47. The predicted octanol–water partition coefficient (Wildman–Crippen LogP) is 4.08. The molecule has 0 saturated carbocycles. The molecule has 2 aromatic rings. The molecule has 1 N–H and O–H groups in total. The molecule has 18 heavy (non-hydrogen) atoms. The standard InChI is InChI=1S/C14H21N3S/c1-9(14(3,4)5)8-17-12-11(16-13(17)18)7-6-10(2)15-12/h6-7,9H,8H2,1-5H3,(H,16,18). The number of rotatable bonds is 2. The Hall–Kier alpha value is -1.16. The van der Waals surface area contributed by atoms with Gasteiger partial charge in [-0.2, -0.15) is 0 Å². The zero-order chi connectivity index (χ0) is 13.5. The molecule has 0 aliphatic heterocycles. The third-order valence-electron chi connectivity index (χ3n) is 3.69. The number of nitrogens with one attached hydrogen (secondary N) is 1. The van der Waals surface area contributed by atoms with E-state index < -0.39 is 0 Å². The van der Waals surface area contributed by atoms with Gasteiger partial charge in [-0.05, 0) is 42.6 Å². The largest absolute Gasteiger partial charge is 0.329 e. The lowest BCUT2D eigenvalue weighted by atomic mass is 9.82. The molecule has 0 fully saturated rings. The van der Waals surface area contributed by atoms with Gasteiger partial charge in [0.15, 0.2) is 10.4 Å². The maximum atomic E-state index is 5.40. The number of aromatic amines is 1. The summed E-state index contributed by atoms with van der Waals surface area (Å²) in [6.07, 6.45) is 0. The molecule has 1 atom stereocenters. The first-order valence-electron chi connectivity index (χ1n) is 6.35. The van der Waals surface area contributed by atoms with Crippen molar-refractivity contribution in [3.05, 3.63) is 22.6 Å². The minimum Gasteiger partial charge on any atom is -0.329 e. The molecule has 1 unspecified atom stereocenters. The first-order valence-corrected chi connectivity index (χ1v) is 6.76. The lowest BCUT2D eigenvalue weighted by Crippen LogP contribution is -2.22. The van der Waals surface area contributed by atoms with Crippen molar-refractivity contribution in [1.29, 1.82) is 0 Å². The van der Waals surface area contributed by atoms with E-state index in [4.69, 9.17) is 12.2 Å². The topological polar surface area (TPSA) is 33.6 Å². The van der Waals surface area contributed by atoms with Crippen LogP contribution < -0.4 is 0 Å². The fourth-order valence-corrected chi connectivity index (χ4v) is 2.11. The average molecular weight is 263 g/mol. The predicted molar refractivity (Wildman–Crippen MR) is 78.3 cm³/mol. The van der Waals surface area contributed by atoms with Gasteiger partial charge >= 0.3 is 0 Å². The van der Waals surface area contributed by atoms with E-state index in [1.54, 1.807) is 0 Å². The molecular weight excluding hydrogens is 242 g/mol.